The summed E-state index contributed by atoms with van der Waals surface area (Å²) in [6, 6.07) is 6.42. The summed E-state index contributed by atoms with van der Waals surface area (Å²) in [7, 11) is 0. The Labute approximate surface area is 83.3 Å². The van der Waals surface area contributed by atoms with Crippen LogP contribution in [0.1, 0.15) is 18.4 Å². The smallest absolute Gasteiger partial charge is 0.0650 e. The van der Waals surface area contributed by atoms with E-state index in [9.17, 15) is 0 Å². The molecule has 0 unspecified atom stereocenters. The molecule has 1 heterocycles. The van der Waals surface area contributed by atoms with E-state index in [0.29, 0.717) is 0 Å². The lowest BCUT2D eigenvalue weighted by molar-refractivity contribution is 0.745. The van der Waals surface area contributed by atoms with Gasteiger partial charge in [-0.15, -0.1) is 0 Å². The Bertz CT molecular complexity index is 406. The number of fused-ring (bicyclic) bond motifs is 1. The predicted octanol–water partition coefficient (Wildman–Crippen LogP) is 1.84. The van der Waals surface area contributed by atoms with Gasteiger partial charge in [-0.3, -0.25) is 5.10 Å². The molecule has 2 aromatic rings. The first-order valence-electron chi connectivity index (χ1n) is 5.02. The van der Waals surface area contributed by atoms with Crippen molar-refractivity contribution in [1.82, 2.24) is 10.2 Å². The molecular formula is C11H15N3. The lowest BCUT2D eigenvalue weighted by Crippen LogP contribution is -1.98. The van der Waals surface area contributed by atoms with Gasteiger partial charge in [-0.1, -0.05) is 6.07 Å². The quantitative estimate of drug-likeness (QED) is 0.721. The molecule has 0 amide bonds. The van der Waals surface area contributed by atoms with Crippen molar-refractivity contribution in [3.8, 4) is 0 Å². The molecule has 3 heteroatoms. The average Bonchev–Trinajstić information content (AvgIpc) is 2.65. The number of benzene rings is 1. The Morgan fingerprint density at radius 2 is 2.21 bits per heavy atom. The zero-order chi connectivity index (χ0) is 9.80. The van der Waals surface area contributed by atoms with Gasteiger partial charge >= 0.3 is 0 Å². The number of aryl methyl sites for hydroxylation is 1. The van der Waals surface area contributed by atoms with Crippen LogP contribution >= 0.6 is 0 Å². The fourth-order valence-corrected chi connectivity index (χ4v) is 1.62. The maximum Gasteiger partial charge on any atom is 0.0650 e. The highest BCUT2D eigenvalue weighted by Gasteiger charge is 1.97. The van der Waals surface area contributed by atoms with Crippen LogP contribution in [0.2, 0.25) is 0 Å². The van der Waals surface area contributed by atoms with E-state index in [1.807, 2.05) is 6.20 Å². The Morgan fingerprint density at radius 1 is 1.29 bits per heavy atom. The van der Waals surface area contributed by atoms with Gasteiger partial charge in [0, 0.05) is 5.39 Å². The van der Waals surface area contributed by atoms with Crippen molar-refractivity contribution in [3.05, 3.63) is 30.0 Å². The number of nitrogens with zero attached hydrogens (tertiary/aromatic N) is 1. The molecule has 0 aliphatic heterocycles. The van der Waals surface area contributed by atoms with Crippen LogP contribution < -0.4 is 5.73 Å². The molecule has 0 saturated heterocycles. The van der Waals surface area contributed by atoms with E-state index in [1.165, 1.54) is 17.4 Å². The van der Waals surface area contributed by atoms with Gasteiger partial charge in [-0.05, 0) is 43.5 Å². The molecular weight excluding hydrogens is 174 g/mol. The van der Waals surface area contributed by atoms with Gasteiger partial charge in [0.05, 0.1) is 11.7 Å². The lowest BCUT2D eigenvalue weighted by atomic mass is 10.1. The maximum atomic E-state index is 5.45. The van der Waals surface area contributed by atoms with Crippen molar-refractivity contribution in [2.45, 2.75) is 19.3 Å². The molecule has 0 aliphatic carbocycles. The van der Waals surface area contributed by atoms with Crippen LogP contribution in [0.25, 0.3) is 10.9 Å². The molecule has 0 atom stereocenters. The molecule has 0 aliphatic rings. The first kappa shape index (κ1) is 9.21. The minimum Gasteiger partial charge on any atom is -0.330 e. The number of hydrogen-bond acceptors (Lipinski definition) is 2. The first-order chi connectivity index (χ1) is 6.90. The van der Waals surface area contributed by atoms with Crippen LogP contribution in [0.3, 0.4) is 0 Å². The number of aromatic nitrogens is 2. The average molecular weight is 189 g/mol. The molecule has 1 aromatic heterocycles. The van der Waals surface area contributed by atoms with Crippen molar-refractivity contribution in [2.24, 2.45) is 5.73 Å². The van der Waals surface area contributed by atoms with E-state index < -0.39 is 0 Å². The van der Waals surface area contributed by atoms with Gasteiger partial charge in [0.1, 0.15) is 0 Å². The summed E-state index contributed by atoms with van der Waals surface area (Å²) in [5.74, 6) is 0. The van der Waals surface area contributed by atoms with Crippen LogP contribution in [0.15, 0.2) is 24.4 Å². The molecule has 0 fully saturated rings. The SMILES string of the molecule is NCCCCc1ccc2[nH]ncc2c1. The monoisotopic (exact) mass is 189 g/mol. The largest absolute Gasteiger partial charge is 0.330 e. The molecule has 2 rings (SSSR count). The normalized spacial score (nSPS) is 10.9. The van der Waals surface area contributed by atoms with Gasteiger partial charge in [0.2, 0.25) is 0 Å². The highest BCUT2D eigenvalue weighted by molar-refractivity contribution is 5.78. The topological polar surface area (TPSA) is 54.7 Å². The predicted molar refractivity (Wildman–Crippen MR) is 58.1 cm³/mol. The minimum absolute atomic E-state index is 0.786. The van der Waals surface area contributed by atoms with Crippen molar-refractivity contribution in [1.29, 1.82) is 0 Å². The fourth-order valence-electron chi connectivity index (χ4n) is 1.62. The number of rotatable bonds is 4. The van der Waals surface area contributed by atoms with Gasteiger partial charge in [-0.25, -0.2) is 0 Å². The van der Waals surface area contributed by atoms with Gasteiger partial charge in [0.25, 0.3) is 0 Å². The summed E-state index contributed by atoms with van der Waals surface area (Å²) in [6.45, 7) is 0.786. The van der Waals surface area contributed by atoms with E-state index in [1.54, 1.807) is 0 Å². The Hall–Kier alpha value is -1.35. The zero-order valence-electron chi connectivity index (χ0n) is 8.16. The van der Waals surface area contributed by atoms with Gasteiger partial charge in [0.15, 0.2) is 0 Å². The number of nitrogens with one attached hydrogen (secondary N) is 1. The summed E-state index contributed by atoms with van der Waals surface area (Å²) in [5.41, 5.74) is 7.92. The van der Waals surface area contributed by atoms with E-state index in [4.69, 9.17) is 5.73 Å². The molecule has 0 saturated carbocycles. The molecule has 0 radical (unpaired) electrons. The van der Waals surface area contributed by atoms with E-state index >= 15 is 0 Å². The number of hydrogen-bond donors (Lipinski definition) is 2. The Balaban J connectivity index is 2.10. The molecule has 0 bridgehead atoms. The van der Waals surface area contributed by atoms with Gasteiger partial charge < -0.3 is 5.73 Å². The number of H-pyrrole nitrogens is 1. The van der Waals surface area contributed by atoms with E-state index in [0.717, 1.165) is 24.9 Å². The third kappa shape index (κ3) is 1.93. The van der Waals surface area contributed by atoms with E-state index in [2.05, 4.69) is 28.4 Å². The summed E-state index contributed by atoms with van der Waals surface area (Å²) >= 11 is 0. The van der Waals surface area contributed by atoms with Crippen molar-refractivity contribution >= 4 is 10.9 Å². The fraction of sp³-hybridized carbons (Fsp3) is 0.364. The molecule has 1 aromatic carbocycles. The third-order valence-electron chi connectivity index (χ3n) is 2.42. The van der Waals surface area contributed by atoms with Crippen molar-refractivity contribution in [3.63, 3.8) is 0 Å². The molecule has 14 heavy (non-hydrogen) atoms. The highest BCUT2D eigenvalue weighted by atomic mass is 15.1. The van der Waals surface area contributed by atoms with Crippen molar-refractivity contribution in [2.75, 3.05) is 6.54 Å². The van der Waals surface area contributed by atoms with Crippen LogP contribution in [-0.2, 0) is 6.42 Å². The number of nitrogens with two attached hydrogens (primary N) is 1. The standard InChI is InChI=1S/C11H15N3/c12-6-2-1-3-9-4-5-11-10(7-9)8-13-14-11/h4-5,7-8H,1-3,6,12H2,(H,13,14). The second-order valence-corrected chi connectivity index (χ2v) is 3.54. The van der Waals surface area contributed by atoms with Crippen LogP contribution in [-0.4, -0.2) is 16.7 Å². The summed E-state index contributed by atoms with van der Waals surface area (Å²) in [5, 5.41) is 8.13. The second-order valence-electron chi connectivity index (χ2n) is 3.54. The highest BCUT2D eigenvalue weighted by Crippen LogP contribution is 2.14. The Kier molecular flexibility index (Phi) is 2.79. The third-order valence-corrected chi connectivity index (χ3v) is 2.42. The Morgan fingerprint density at radius 3 is 3.07 bits per heavy atom. The van der Waals surface area contributed by atoms with E-state index in [-0.39, 0.29) is 0 Å². The molecule has 74 valence electrons. The van der Waals surface area contributed by atoms with Crippen LogP contribution in [0, 0.1) is 0 Å². The maximum absolute atomic E-state index is 5.45. The second kappa shape index (κ2) is 4.24. The molecule has 3 N–H and O–H groups in total. The molecule has 3 nitrogen and oxygen atoms in total. The zero-order valence-corrected chi connectivity index (χ0v) is 8.16. The number of aromatic amines is 1. The number of unbranched alkanes of at least 4 members (excludes halogenated alkanes) is 1. The first-order valence-corrected chi connectivity index (χ1v) is 5.02. The van der Waals surface area contributed by atoms with Crippen LogP contribution in [0.5, 0.6) is 0 Å². The van der Waals surface area contributed by atoms with Gasteiger partial charge in [-0.2, -0.15) is 5.10 Å². The van der Waals surface area contributed by atoms with Crippen molar-refractivity contribution < 1.29 is 0 Å². The minimum atomic E-state index is 0.786. The summed E-state index contributed by atoms with van der Waals surface area (Å²) in [4.78, 5) is 0. The molecule has 0 spiro atoms. The summed E-state index contributed by atoms with van der Waals surface area (Å²) in [6.07, 6.45) is 5.24. The van der Waals surface area contributed by atoms with Crippen LogP contribution in [0.4, 0.5) is 0 Å². The summed E-state index contributed by atoms with van der Waals surface area (Å²) < 4.78 is 0. The lowest BCUT2D eigenvalue weighted by Gasteiger charge is -2.00.